The third-order valence-electron chi connectivity index (χ3n) is 4.84. The first-order valence-corrected chi connectivity index (χ1v) is 8.85. The molecule has 1 unspecified atom stereocenters. The number of halogens is 2. The summed E-state index contributed by atoms with van der Waals surface area (Å²) in [6.07, 6.45) is 4.38. The van der Waals surface area contributed by atoms with Gasteiger partial charge in [-0.2, -0.15) is 8.78 Å². The second-order valence-electron chi connectivity index (χ2n) is 6.74. The molecule has 1 aromatic rings. The van der Waals surface area contributed by atoms with Gasteiger partial charge in [0.2, 0.25) is 0 Å². The molecule has 2 saturated heterocycles. The van der Waals surface area contributed by atoms with Gasteiger partial charge in [-0.3, -0.25) is 10.3 Å². The van der Waals surface area contributed by atoms with E-state index < -0.39 is 12.2 Å². The van der Waals surface area contributed by atoms with E-state index >= 15 is 0 Å². The van der Waals surface area contributed by atoms with Crippen LogP contribution in [0.3, 0.4) is 0 Å². The van der Waals surface area contributed by atoms with Crippen molar-refractivity contribution < 1.29 is 27.8 Å². The second-order valence-corrected chi connectivity index (χ2v) is 6.74. The summed E-state index contributed by atoms with van der Waals surface area (Å²) in [6.45, 7) is -0.0652. The number of alkyl halides is 2. The lowest BCUT2D eigenvalue weighted by molar-refractivity contribution is -0.0523. The van der Waals surface area contributed by atoms with Crippen molar-refractivity contribution in [3.8, 4) is 11.5 Å². The first-order chi connectivity index (χ1) is 12.6. The predicted octanol–water partition coefficient (Wildman–Crippen LogP) is 2.45. The maximum absolute atomic E-state index is 12.7. The molecule has 2 fully saturated rings. The summed E-state index contributed by atoms with van der Waals surface area (Å²) in [5, 5.41) is 3.25. The molecule has 142 valence electrons. The van der Waals surface area contributed by atoms with Gasteiger partial charge < -0.3 is 19.5 Å². The van der Waals surface area contributed by atoms with Crippen molar-refractivity contribution in [1.82, 2.24) is 10.8 Å². The normalized spacial score (nSPS) is 26.2. The van der Waals surface area contributed by atoms with E-state index in [9.17, 15) is 8.78 Å². The zero-order chi connectivity index (χ0) is 18.0. The van der Waals surface area contributed by atoms with Crippen molar-refractivity contribution in [2.24, 2.45) is 0 Å². The van der Waals surface area contributed by atoms with E-state index in [0.29, 0.717) is 19.0 Å². The zero-order valence-corrected chi connectivity index (χ0v) is 14.3. The highest BCUT2D eigenvalue weighted by molar-refractivity contribution is 5.68. The summed E-state index contributed by atoms with van der Waals surface area (Å²) in [6, 6.07) is 4.94. The number of ether oxygens (including phenoxy) is 3. The lowest BCUT2D eigenvalue weighted by Gasteiger charge is -2.25. The second kappa shape index (κ2) is 7.38. The van der Waals surface area contributed by atoms with E-state index in [1.807, 2.05) is 6.08 Å². The Labute approximate surface area is 150 Å². The number of piperidine rings is 1. The van der Waals surface area contributed by atoms with Gasteiger partial charge in [0.05, 0.1) is 12.3 Å². The Balaban J connectivity index is 1.58. The number of benzene rings is 1. The molecule has 0 saturated carbocycles. The number of hydrogen-bond acceptors (Lipinski definition) is 6. The fourth-order valence-corrected chi connectivity index (χ4v) is 3.43. The molecule has 4 rings (SSSR count). The molecule has 3 heterocycles. The van der Waals surface area contributed by atoms with Crippen LogP contribution in [0.4, 0.5) is 8.78 Å². The van der Waals surface area contributed by atoms with E-state index in [1.165, 1.54) is 6.07 Å². The van der Waals surface area contributed by atoms with Crippen molar-refractivity contribution in [3.63, 3.8) is 0 Å². The van der Waals surface area contributed by atoms with Crippen LogP contribution < -0.4 is 20.3 Å². The van der Waals surface area contributed by atoms with E-state index in [2.05, 4.69) is 15.5 Å². The third kappa shape index (κ3) is 3.77. The van der Waals surface area contributed by atoms with Gasteiger partial charge in [-0.25, -0.2) is 0 Å². The fourth-order valence-electron chi connectivity index (χ4n) is 3.43. The smallest absolute Gasteiger partial charge is 0.387 e. The van der Waals surface area contributed by atoms with Crippen LogP contribution in [0.1, 0.15) is 24.8 Å². The van der Waals surface area contributed by atoms with Gasteiger partial charge in [-0.05, 0) is 50.2 Å². The Morgan fingerprint density at radius 2 is 2.04 bits per heavy atom. The van der Waals surface area contributed by atoms with Gasteiger partial charge in [0.1, 0.15) is 11.7 Å². The molecule has 3 aliphatic rings. The van der Waals surface area contributed by atoms with Gasteiger partial charge >= 0.3 is 6.61 Å². The predicted molar refractivity (Wildman–Crippen MR) is 90.0 cm³/mol. The molecule has 8 heteroatoms. The van der Waals surface area contributed by atoms with Crippen molar-refractivity contribution in [1.29, 1.82) is 0 Å². The van der Waals surface area contributed by atoms with Crippen molar-refractivity contribution >= 4 is 5.70 Å². The van der Waals surface area contributed by atoms with Crippen LogP contribution >= 0.6 is 0 Å². The van der Waals surface area contributed by atoms with E-state index in [1.54, 1.807) is 12.1 Å². The highest BCUT2D eigenvalue weighted by atomic mass is 19.3. The molecule has 3 aliphatic heterocycles. The van der Waals surface area contributed by atoms with Crippen LogP contribution in [-0.4, -0.2) is 44.6 Å². The van der Waals surface area contributed by atoms with Gasteiger partial charge in [0, 0.05) is 18.6 Å². The molecule has 0 aliphatic carbocycles. The number of hydrogen-bond donors (Lipinski definition) is 2. The Bertz CT molecular complexity index is 671. The van der Waals surface area contributed by atoms with Crippen LogP contribution in [0, 0.1) is 0 Å². The van der Waals surface area contributed by atoms with E-state index in [4.69, 9.17) is 14.3 Å². The molecule has 6 nitrogen and oxygen atoms in total. The standard InChI is InChI=1S/C18H22F2N2O4/c19-17(20)25-15-2-1-12(9-16(15)24-13-3-6-21-7-4-13)14-10-18(26-22-14)5-8-23-11-18/h1-2,9-10,13,17,21-22H,3-8,11H2. The summed E-state index contributed by atoms with van der Waals surface area (Å²) in [5.41, 5.74) is 4.03. The molecular formula is C18H22F2N2O4. The highest BCUT2D eigenvalue weighted by Crippen LogP contribution is 2.37. The van der Waals surface area contributed by atoms with E-state index in [-0.39, 0.29) is 11.9 Å². The van der Waals surface area contributed by atoms with Gasteiger partial charge in [-0.1, -0.05) is 0 Å². The molecule has 1 atom stereocenters. The Morgan fingerprint density at radius 1 is 1.19 bits per heavy atom. The highest BCUT2D eigenvalue weighted by Gasteiger charge is 2.39. The number of rotatable bonds is 5. The zero-order valence-electron chi connectivity index (χ0n) is 14.3. The van der Waals surface area contributed by atoms with Gasteiger partial charge in [0.15, 0.2) is 11.5 Å². The lowest BCUT2D eigenvalue weighted by Crippen LogP contribution is -2.34. The lowest BCUT2D eigenvalue weighted by atomic mass is 10.0. The molecule has 26 heavy (non-hydrogen) atoms. The van der Waals surface area contributed by atoms with Gasteiger partial charge in [0.25, 0.3) is 0 Å². The monoisotopic (exact) mass is 368 g/mol. The van der Waals surface area contributed by atoms with Crippen LogP contribution in [0.15, 0.2) is 24.3 Å². The summed E-state index contributed by atoms with van der Waals surface area (Å²) >= 11 is 0. The summed E-state index contributed by atoms with van der Waals surface area (Å²) in [5.74, 6) is 0.363. The van der Waals surface area contributed by atoms with Crippen molar-refractivity contribution in [3.05, 3.63) is 29.8 Å². The van der Waals surface area contributed by atoms with Crippen LogP contribution in [0.2, 0.25) is 0 Å². The fraction of sp³-hybridized carbons (Fsp3) is 0.556. The maximum atomic E-state index is 12.7. The van der Waals surface area contributed by atoms with E-state index in [0.717, 1.165) is 43.6 Å². The largest absolute Gasteiger partial charge is 0.486 e. The first kappa shape index (κ1) is 17.5. The minimum atomic E-state index is -2.90. The Hall–Kier alpha value is -1.90. The minimum Gasteiger partial charge on any atom is -0.486 e. The first-order valence-electron chi connectivity index (χ1n) is 8.85. The number of nitrogens with one attached hydrogen (secondary N) is 2. The average Bonchev–Trinajstić information content (AvgIpc) is 3.27. The maximum Gasteiger partial charge on any atom is 0.387 e. The quantitative estimate of drug-likeness (QED) is 0.833. The van der Waals surface area contributed by atoms with Crippen molar-refractivity contribution in [2.75, 3.05) is 26.3 Å². The molecule has 0 aromatic heterocycles. The SMILES string of the molecule is FC(F)Oc1ccc(C2=CC3(CCOC3)ON2)cc1OC1CCNCC1. The summed E-state index contributed by atoms with van der Waals surface area (Å²) in [7, 11) is 0. The molecule has 2 N–H and O–H groups in total. The molecular weight excluding hydrogens is 346 g/mol. The molecule has 1 spiro atoms. The topological polar surface area (TPSA) is 61.0 Å². The molecule has 0 radical (unpaired) electrons. The van der Waals surface area contributed by atoms with Crippen LogP contribution in [-0.2, 0) is 9.57 Å². The summed E-state index contributed by atoms with van der Waals surface area (Å²) in [4.78, 5) is 5.69. The number of hydroxylamine groups is 1. The Kier molecular flexibility index (Phi) is 4.97. The van der Waals surface area contributed by atoms with Crippen LogP contribution in [0.5, 0.6) is 11.5 Å². The molecule has 0 amide bonds. The minimum absolute atomic E-state index is 0.0251. The average molecular weight is 368 g/mol. The molecule has 0 bridgehead atoms. The van der Waals surface area contributed by atoms with Gasteiger partial charge in [-0.15, -0.1) is 0 Å². The van der Waals surface area contributed by atoms with Crippen LogP contribution in [0.25, 0.3) is 5.70 Å². The summed E-state index contributed by atoms with van der Waals surface area (Å²) < 4.78 is 41.5. The Morgan fingerprint density at radius 3 is 2.77 bits per heavy atom. The third-order valence-corrected chi connectivity index (χ3v) is 4.84. The molecule has 1 aromatic carbocycles. The van der Waals surface area contributed by atoms with Crippen molar-refractivity contribution in [2.45, 2.75) is 37.6 Å².